The molecule has 1 saturated heterocycles. The zero-order valence-electron chi connectivity index (χ0n) is 30.4. The Balaban J connectivity index is 1.67. The predicted octanol–water partition coefficient (Wildman–Crippen LogP) is 4.34. The standard InChI is InChI=1S/C36H44F4N6O7/c1-7-52-29(48)25-18-23(37)13-11-22(25)12-14-26(42-30(49)34(5,6)43-32(51)53-33(2,3)4)28(47)45-17-15-27-35(20-45,19-24-10-8-9-16-41-24)31(50)46(44-27)21-36(38,39)40/h8-11,13,16,18,26H,7,12,14-15,17,19-21H2,1-6H3,(H,42,49)(H,43,51). The van der Waals surface area contributed by atoms with Crippen molar-refractivity contribution in [1.29, 1.82) is 0 Å². The molecule has 1 aromatic heterocycles. The van der Waals surface area contributed by atoms with Gasteiger partial charge < -0.3 is 25.0 Å². The van der Waals surface area contributed by atoms with Crippen LogP contribution in [0.25, 0.3) is 0 Å². The summed E-state index contributed by atoms with van der Waals surface area (Å²) in [5.41, 5.74) is -3.37. The van der Waals surface area contributed by atoms with Crippen molar-refractivity contribution in [2.45, 2.75) is 90.6 Å². The fourth-order valence-corrected chi connectivity index (χ4v) is 6.16. The SMILES string of the molecule is CCOC(=O)c1cc(F)ccc1CCC(NC(=O)C(C)(C)NC(=O)OC(C)(C)C)C(=O)N1CCC2=NN(CC(F)(F)F)C(=O)C2(Cc2ccccn2)C1. The molecule has 2 N–H and O–H groups in total. The fourth-order valence-electron chi connectivity index (χ4n) is 6.16. The van der Waals surface area contributed by atoms with Crippen LogP contribution >= 0.6 is 0 Å². The van der Waals surface area contributed by atoms with Crippen molar-refractivity contribution in [3.05, 3.63) is 65.2 Å². The normalized spacial score (nSPS) is 18.2. The Morgan fingerprint density at radius 3 is 2.40 bits per heavy atom. The van der Waals surface area contributed by atoms with Gasteiger partial charge in [-0.2, -0.15) is 18.3 Å². The van der Waals surface area contributed by atoms with Crippen LogP contribution in [0.3, 0.4) is 0 Å². The van der Waals surface area contributed by atoms with Gasteiger partial charge in [0.15, 0.2) is 0 Å². The summed E-state index contributed by atoms with van der Waals surface area (Å²) in [5, 5.41) is 9.59. The molecule has 53 heavy (non-hydrogen) atoms. The highest BCUT2D eigenvalue weighted by molar-refractivity contribution is 6.14. The van der Waals surface area contributed by atoms with E-state index in [-0.39, 0.29) is 56.7 Å². The van der Waals surface area contributed by atoms with Gasteiger partial charge in [0.05, 0.1) is 17.9 Å². The molecule has 288 valence electrons. The number of aromatic nitrogens is 1. The number of halogens is 4. The second-order valence-corrected chi connectivity index (χ2v) is 14.5. The third-order valence-electron chi connectivity index (χ3n) is 8.62. The molecule has 0 saturated carbocycles. The van der Waals surface area contributed by atoms with Crippen molar-refractivity contribution in [1.82, 2.24) is 25.5 Å². The molecule has 13 nitrogen and oxygen atoms in total. The van der Waals surface area contributed by atoms with E-state index in [1.807, 2.05) is 0 Å². The largest absolute Gasteiger partial charge is 0.462 e. The highest BCUT2D eigenvalue weighted by Crippen LogP contribution is 2.39. The number of nitrogens with one attached hydrogen (secondary N) is 2. The summed E-state index contributed by atoms with van der Waals surface area (Å²) in [4.78, 5) is 72.8. The highest BCUT2D eigenvalue weighted by Gasteiger charge is 2.56. The third kappa shape index (κ3) is 10.3. The van der Waals surface area contributed by atoms with E-state index in [1.54, 1.807) is 45.9 Å². The maximum atomic E-state index is 14.5. The van der Waals surface area contributed by atoms with Gasteiger partial charge in [0.2, 0.25) is 11.8 Å². The van der Waals surface area contributed by atoms with E-state index in [4.69, 9.17) is 9.47 Å². The summed E-state index contributed by atoms with van der Waals surface area (Å²) in [6.07, 6.45) is -4.55. The zero-order valence-corrected chi connectivity index (χ0v) is 30.4. The molecular formula is C36H44F4N6O7. The molecule has 0 bridgehead atoms. The minimum atomic E-state index is -4.74. The first-order valence-electron chi connectivity index (χ1n) is 17.1. The summed E-state index contributed by atoms with van der Waals surface area (Å²) < 4.78 is 65.1. The Labute approximate surface area is 304 Å². The Morgan fingerprint density at radius 1 is 1.06 bits per heavy atom. The molecule has 2 atom stereocenters. The minimum absolute atomic E-state index is 0.0192. The van der Waals surface area contributed by atoms with Gasteiger partial charge in [0, 0.05) is 37.8 Å². The number of aryl methyl sites for hydroxylation is 1. The van der Waals surface area contributed by atoms with E-state index in [2.05, 4.69) is 20.7 Å². The number of ether oxygens (including phenoxy) is 2. The van der Waals surface area contributed by atoms with Gasteiger partial charge in [-0.15, -0.1) is 0 Å². The molecule has 3 heterocycles. The summed E-state index contributed by atoms with van der Waals surface area (Å²) in [6, 6.07) is 7.05. The van der Waals surface area contributed by atoms with Crippen LogP contribution in [0.2, 0.25) is 0 Å². The molecule has 17 heteroatoms. The number of hydrogen-bond acceptors (Lipinski definition) is 9. The molecule has 2 aromatic rings. The van der Waals surface area contributed by atoms with E-state index in [9.17, 15) is 41.5 Å². The van der Waals surface area contributed by atoms with Crippen LogP contribution in [-0.4, -0.2) is 100.0 Å². The number of benzene rings is 1. The molecule has 0 radical (unpaired) electrons. The fraction of sp³-hybridized carbons (Fsp3) is 0.528. The van der Waals surface area contributed by atoms with Gasteiger partial charge in [0.25, 0.3) is 5.91 Å². The van der Waals surface area contributed by atoms with Crippen LogP contribution in [0, 0.1) is 11.2 Å². The number of carbonyl (C=O) groups is 5. The monoisotopic (exact) mass is 748 g/mol. The molecule has 2 aliphatic rings. The van der Waals surface area contributed by atoms with Crippen LogP contribution < -0.4 is 10.6 Å². The average molecular weight is 749 g/mol. The topological polar surface area (TPSA) is 160 Å². The van der Waals surface area contributed by atoms with Gasteiger partial charge in [-0.05, 0) is 84.2 Å². The summed E-state index contributed by atoms with van der Waals surface area (Å²) >= 11 is 0. The van der Waals surface area contributed by atoms with Gasteiger partial charge in [-0.3, -0.25) is 19.4 Å². The van der Waals surface area contributed by atoms with Crippen molar-refractivity contribution >= 4 is 35.5 Å². The van der Waals surface area contributed by atoms with Gasteiger partial charge in [0.1, 0.15) is 35.0 Å². The van der Waals surface area contributed by atoms with E-state index in [1.165, 1.54) is 31.0 Å². The lowest BCUT2D eigenvalue weighted by molar-refractivity contribution is -0.164. The maximum absolute atomic E-state index is 14.5. The molecular weight excluding hydrogens is 704 g/mol. The maximum Gasteiger partial charge on any atom is 0.408 e. The molecule has 4 rings (SSSR count). The lowest BCUT2D eigenvalue weighted by atomic mass is 9.74. The third-order valence-corrected chi connectivity index (χ3v) is 8.62. The predicted molar refractivity (Wildman–Crippen MR) is 183 cm³/mol. The molecule has 2 aliphatic heterocycles. The Hall–Kier alpha value is -5.09. The van der Waals surface area contributed by atoms with E-state index in [0.717, 1.165) is 12.1 Å². The molecule has 1 aromatic carbocycles. The Kier molecular flexibility index (Phi) is 12.2. The number of rotatable bonds is 12. The van der Waals surface area contributed by atoms with Crippen molar-refractivity contribution < 1.29 is 51.0 Å². The number of piperidine rings is 1. The number of pyridine rings is 1. The number of nitrogens with zero attached hydrogens (tertiary/aromatic N) is 4. The van der Waals surface area contributed by atoms with E-state index >= 15 is 0 Å². The number of likely N-dealkylation sites (tertiary alicyclic amines) is 1. The van der Waals surface area contributed by atoms with Crippen LogP contribution in [0.15, 0.2) is 47.7 Å². The van der Waals surface area contributed by atoms with Crippen molar-refractivity contribution in [2.75, 3.05) is 26.2 Å². The summed E-state index contributed by atoms with van der Waals surface area (Å²) in [6.45, 7) is 7.27. The second-order valence-electron chi connectivity index (χ2n) is 14.5. The quantitative estimate of drug-likeness (QED) is 0.240. The van der Waals surface area contributed by atoms with Gasteiger partial charge in [-0.1, -0.05) is 12.1 Å². The lowest BCUT2D eigenvalue weighted by Crippen LogP contribution is -2.62. The highest BCUT2D eigenvalue weighted by atomic mass is 19.4. The molecule has 0 spiro atoms. The zero-order chi connectivity index (χ0) is 39.4. The van der Waals surface area contributed by atoms with Crippen LogP contribution in [0.1, 0.15) is 76.0 Å². The molecule has 1 fully saturated rings. The number of hydrazone groups is 1. The number of esters is 1. The Bertz CT molecular complexity index is 1750. The van der Waals surface area contributed by atoms with Crippen molar-refractivity contribution in [3.8, 4) is 0 Å². The smallest absolute Gasteiger partial charge is 0.408 e. The Morgan fingerprint density at radius 2 is 1.77 bits per heavy atom. The van der Waals surface area contributed by atoms with Crippen molar-refractivity contribution in [3.63, 3.8) is 0 Å². The first kappa shape index (κ1) is 40.7. The van der Waals surface area contributed by atoms with E-state index in [0.29, 0.717) is 16.3 Å². The molecule has 0 aliphatic carbocycles. The summed E-state index contributed by atoms with van der Waals surface area (Å²) in [5.74, 6) is -3.91. The van der Waals surface area contributed by atoms with Gasteiger partial charge >= 0.3 is 18.2 Å². The number of alkyl halides is 3. The number of alkyl carbamates (subject to hydrolysis) is 1. The van der Waals surface area contributed by atoms with Crippen LogP contribution in [-0.2, 0) is 36.7 Å². The molecule has 2 unspecified atom stereocenters. The average Bonchev–Trinajstić information content (AvgIpc) is 3.30. The first-order valence-corrected chi connectivity index (χ1v) is 17.1. The summed E-state index contributed by atoms with van der Waals surface area (Å²) in [7, 11) is 0. The molecule has 4 amide bonds. The minimum Gasteiger partial charge on any atom is -0.462 e. The number of carbonyl (C=O) groups excluding carboxylic acids is 5. The number of hydrogen-bond donors (Lipinski definition) is 2. The lowest BCUT2D eigenvalue weighted by Gasteiger charge is -2.41. The second kappa shape index (κ2) is 15.9. The number of fused-ring (bicyclic) bond motifs is 1. The van der Waals surface area contributed by atoms with Crippen molar-refractivity contribution in [2.24, 2.45) is 10.5 Å². The van der Waals surface area contributed by atoms with Crippen LogP contribution in [0.5, 0.6) is 0 Å². The number of amides is 4. The first-order chi connectivity index (χ1) is 24.6. The van der Waals surface area contributed by atoms with Gasteiger partial charge in [-0.25, -0.2) is 19.0 Å². The van der Waals surface area contributed by atoms with E-state index < -0.39 is 70.9 Å². The van der Waals surface area contributed by atoms with Crippen LogP contribution in [0.4, 0.5) is 22.4 Å².